The summed E-state index contributed by atoms with van der Waals surface area (Å²) in [5.41, 5.74) is 0.350. The number of carbonyl (C=O) groups excluding carboxylic acids is 2. The number of methoxy groups -OCH3 is 1. The SMILES string of the molecule is CCC(=O)c1cccc(S(=O)(=O)NCCC(=O)OC)c1. The van der Waals surface area contributed by atoms with Gasteiger partial charge in [0.2, 0.25) is 10.0 Å². The number of nitrogens with one attached hydrogen (secondary N) is 1. The molecule has 110 valence electrons. The molecular weight excluding hydrogens is 282 g/mol. The largest absolute Gasteiger partial charge is 0.469 e. The standard InChI is InChI=1S/C13H17NO5S/c1-3-12(15)10-5-4-6-11(9-10)20(17,18)14-8-7-13(16)19-2/h4-6,9,14H,3,7-8H2,1-2H3. The number of sulfonamides is 1. The fourth-order valence-corrected chi connectivity index (χ4v) is 2.59. The summed E-state index contributed by atoms with van der Waals surface area (Å²) >= 11 is 0. The number of ether oxygens (including phenoxy) is 1. The van der Waals surface area contributed by atoms with E-state index in [-0.39, 0.29) is 23.6 Å². The number of rotatable bonds is 7. The molecule has 0 fully saturated rings. The van der Waals surface area contributed by atoms with Crippen LogP contribution in [0.2, 0.25) is 0 Å². The van der Waals surface area contributed by atoms with Gasteiger partial charge in [0, 0.05) is 18.5 Å². The fourth-order valence-electron chi connectivity index (χ4n) is 1.51. The zero-order valence-electron chi connectivity index (χ0n) is 11.4. The van der Waals surface area contributed by atoms with Crippen molar-refractivity contribution >= 4 is 21.8 Å². The van der Waals surface area contributed by atoms with E-state index in [2.05, 4.69) is 9.46 Å². The van der Waals surface area contributed by atoms with Gasteiger partial charge in [0.15, 0.2) is 5.78 Å². The highest BCUT2D eigenvalue weighted by Crippen LogP contribution is 2.13. The lowest BCUT2D eigenvalue weighted by atomic mass is 10.1. The van der Waals surface area contributed by atoms with Crippen LogP contribution in [-0.2, 0) is 19.6 Å². The zero-order chi connectivity index (χ0) is 15.2. The lowest BCUT2D eigenvalue weighted by molar-refractivity contribution is -0.140. The van der Waals surface area contributed by atoms with Crippen molar-refractivity contribution in [2.75, 3.05) is 13.7 Å². The molecular formula is C13H17NO5S. The molecule has 0 spiro atoms. The van der Waals surface area contributed by atoms with Gasteiger partial charge in [-0.1, -0.05) is 19.1 Å². The van der Waals surface area contributed by atoms with E-state index in [1.165, 1.54) is 25.3 Å². The Morgan fingerprint density at radius 2 is 2.00 bits per heavy atom. The summed E-state index contributed by atoms with van der Waals surface area (Å²) in [6.07, 6.45) is 0.253. The van der Waals surface area contributed by atoms with E-state index in [0.717, 1.165) is 0 Å². The van der Waals surface area contributed by atoms with Crippen LogP contribution in [0.3, 0.4) is 0 Å². The normalized spacial score (nSPS) is 11.1. The molecule has 0 radical (unpaired) electrons. The number of benzene rings is 1. The molecule has 6 nitrogen and oxygen atoms in total. The molecule has 0 aliphatic rings. The summed E-state index contributed by atoms with van der Waals surface area (Å²) in [4.78, 5) is 22.5. The fraction of sp³-hybridized carbons (Fsp3) is 0.385. The second-order valence-corrected chi connectivity index (χ2v) is 5.80. The van der Waals surface area contributed by atoms with Crippen molar-refractivity contribution < 1.29 is 22.7 Å². The summed E-state index contributed by atoms with van der Waals surface area (Å²) in [7, 11) is -2.51. The molecule has 0 saturated carbocycles. The molecule has 1 N–H and O–H groups in total. The maximum Gasteiger partial charge on any atom is 0.306 e. The van der Waals surface area contributed by atoms with Crippen molar-refractivity contribution in [2.24, 2.45) is 0 Å². The molecule has 1 aromatic carbocycles. The molecule has 1 rings (SSSR count). The number of ketones is 1. The lowest BCUT2D eigenvalue weighted by Crippen LogP contribution is -2.26. The first-order valence-electron chi connectivity index (χ1n) is 6.10. The van der Waals surface area contributed by atoms with Gasteiger partial charge in [0.25, 0.3) is 0 Å². The summed E-state index contributed by atoms with van der Waals surface area (Å²) in [6.45, 7) is 1.65. The van der Waals surface area contributed by atoms with Crippen LogP contribution in [0.4, 0.5) is 0 Å². The Hall–Kier alpha value is -1.73. The highest BCUT2D eigenvalue weighted by Gasteiger charge is 2.16. The third-order valence-electron chi connectivity index (χ3n) is 2.64. The molecule has 1 aromatic rings. The average molecular weight is 299 g/mol. The second kappa shape index (κ2) is 7.16. The van der Waals surface area contributed by atoms with Crippen LogP contribution < -0.4 is 4.72 Å². The van der Waals surface area contributed by atoms with Crippen LogP contribution in [0.5, 0.6) is 0 Å². The van der Waals surface area contributed by atoms with Gasteiger partial charge in [-0.3, -0.25) is 9.59 Å². The van der Waals surface area contributed by atoms with Crippen LogP contribution in [0.15, 0.2) is 29.2 Å². The van der Waals surface area contributed by atoms with Gasteiger partial charge < -0.3 is 4.74 Å². The molecule has 0 aliphatic heterocycles. The predicted octanol–water partition coefficient (Wildman–Crippen LogP) is 1.12. The molecule has 0 heterocycles. The highest BCUT2D eigenvalue weighted by atomic mass is 32.2. The van der Waals surface area contributed by atoms with E-state index in [9.17, 15) is 18.0 Å². The number of hydrogen-bond donors (Lipinski definition) is 1. The average Bonchev–Trinajstić information content (AvgIpc) is 2.46. The van der Waals surface area contributed by atoms with Gasteiger partial charge in [-0.25, -0.2) is 13.1 Å². The number of carbonyl (C=O) groups is 2. The molecule has 0 aliphatic carbocycles. The smallest absolute Gasteiger partial charge is 0.306 e. The minimum Gasteiger partial charge on any atom is -0.469 e. The first kappa shape index (κ1) is 16.3. The van der Waals surface area contributed by atoms with Gasteiger partial charge in [-0.2, -0.15) is 0 Å². The van der Waals surface area contributed by atoms with Gasteiger partial charge in [-0.15, -0.1) is 0 Å². The Morgan fingerprint density at radius 3 is 2.60 bits per heavy atom. The van der Waals surface area contributed by atoms with Gasteiger partial charge in [0.05, 0.1) is 18.4 Å². The van der Waals surface area contributed by atoms with Gasteiger partial charge in [0.1, 0.15) is 0 Å². The number of hydrogen-bond acceptors (Lipinski definition) is 5. The van der Waals surface area contributed by atoms with E-state index < -0.39 is 16.0 Å². The third-order valence-corrected chi connectivity index (χ3v) is 4.10. The molecule has 0 saturated heterocycles. The molecule has 0 atom stereocenters. The first-order chi connectivity index (χ1) is 9.40. The number of Topliss-reactive ketones (excluding diaryl/α,β-unsaturated/α-hetero) is 1. The Kier molecular flexibility index (Phi) is 5.84. The van der Waals surface area contributed by atoms with Crippen molar-refractivity contribution in [1.29, 1.82) is 0 Å². The molecule has 0 bridgehead atoms. The van der Waals surface area contributed by atoms with E-state index in [0.29, 0.717) is 12.0 Å². The van der Waals surface area contributed by atoms with E-state index in [4.69, 9.17) is 0 Å². The Morgan fingerprint density at radius 1 is 1.30 bits per heavy atom. The molecule has 7 heteroatoms. The summed E-state index contributed by atoms with van der Waals surface area (Å²) in [5.74, 6) is -0.626. The van der Waals surface area contributed by atoms with Crippen LogP contribution in [0.1, 0.15) is 30.1 Å². The Labute approximate surface area is 118 Å². The minimum atomic E-state index is -3.74. The van der Waals surface area contributed by atoms with Crippen LogP contribution >= 0.6 is 0 Å². The topological polar surface area (TPSA) is 89.5 Å². The summed E-state index contributed by atoms with van der Waals surface area (Å²) < 4.78 is 30.7. The van der Waals surface area contributed by atoms with Crippen molar-refractivity contribution in [3.05, 3.63) is 29.8 Å². The van der Waals surface area contributed by atoms with E-state index in [1.54, 1.807) is 13.0 Å². The van der Waals surface area contributed by atoms with Gasteiger partial charge in [-0.05, 0) is 12.1 Å². The quantitative estimate of drug-likeness (QED) is 0.602. The monoisotopic (exact) mass is 299 g/mol. The van der Waals surface area contributed by atoms with Crippen LogP contribution in [-0.4, -0.2) is 33.8 Å². The first-order valence-corrected chi connectivity index (χ1v) is 7.58. The summed E-state index contributed by atoms with van der Waals surface area (Å²) in [5, 5.41) is 0. The molecule has 0 aromatic heterocycles. The third kappa shape index (κ3) is 4.43. The summed E-state index contributed by atoms with van der Waals surface area (Å²) in [6, 6.07) is 5.80. The van der Waals surface area contributed by atoms with Crippen molar-refractivity contribution in [1.82, 2.24) is 4.72 Å². The van der Waals surface area contributed by atoms with Crippen molar-refractivity contribution in [2.45, 2.75) is 24.7 Å². The molecule has 0 amide bonds. The Balaban J connectivity index is 2.82. The van der Waals surface area contributed by atoms with Crippen LogP contribution in [0.25, 0.3) is 0 Å². The molecule has 0 unspecified atom stereocenters. The van der Waals surface area contributed by atoms with E-state index >= 15 is 0 Å². The number of esters is 1. The van der Waals surface area contributed by atoms with Crippen molar-refractivity contribution in [3.63, 3.8) is 0 Å². The van der Waals surface area contributed by atoms with Crippen LogP contribution in [0, 0.1) is 0 Å². The minimum absolute atomic E-state index is 0.00154. The Bertz CT molecular complexity index is 595. The predicted molar refractivity (Wildman–Crippen MR) is 72.9 cm³/mol. The van der Waals surface area contributed by atoms with Gasteiger partial charge >= 0.3 is 5.97 Å². The maximum atomic E-state index is 12.0. The second-order valence-electron chi connectivity index (χ2n) is 4.03. The maximum absolute atomic E-state index is 12.0. The highest BCUT2D eigenvalue weighted by molar-refractivity contribution is 7.89. The zero-order valence-corrected chi connectivity index (χ0v) is 12.2. The van der Waals surface area contributed by atoms with Crippen molar-refractivity contribution in [3.8, 4) is 0 Å². The van der Waals surface area contributed by atoms with E-state index in [1.807, 2.05) is 0 Å². The lowest BCUT2D eigenvalue weighted by Gasteiger charge is -2.07. The molecule has 20 heavy (non-hydrogen) atoms.